The van der Waals surface area contributed by atoms with Crippen LogP contribution in [0.3, 0.4) is 0 Å². The zero-order valence-corrected chi connectivity index (χ0v) is 8.98. The van der Waals surface area contributed by atoms with Crippen LogP contribution in [0.2, 0.25) is 0 Å². The first-order chi connectivity index (χ1) is 7.49. The van der Waals surface area contributed by atoms with Crippen LogP contribution in [0.25, 0.3) is 0 Å². The highest BCUT2D eigenvalue weighted by Gasteiger charge is 2.12. The summed E-state index contributed by atoms with van der Waals surface area (Å²) < 4.78 is 4.75. The van der Waals surface area contributed by atoms with E-state index in [1.807, 2.05) is 0 Å². The molecule has 1 amide bonds. The predicted octanol–water partition coefficient (Wildman–Crippen LogP) is -0.0158. The molecule has 7 heteroatoms. The third kappa shape index (κ3) is 3.70. The predicted molar refractivity (Wildman–Crippen MR) is 55.0 cm³/mol. The van der Waals surface area contributed by atoms with Crippen LogP contribution in [-0.2, 0) is 9.59 Å². The number of carbonyl (C=O) groups excluding carboxylic acids is 1. The molecule has 0 unspecified atom stereocenters. The fourth-order valence-electron chi connectivity index (χ4n) is 0.945. The smallest absolute Gasteiger partial charge is 0.320 e. The van der Waals surface area contributed by atoms with E-state index in [0.29, 0.717) is 11.6 Å². The molecule has 1 aromatic heterocycles. The van der Waals surface area contributed by atoms with Crippen LogP contribution in [-0.4, -0.2) is 34.7 Å². The van der Waals surface area contributed by atoms with Crippen molar-refractivity contribution in [3.63, 3.8) is 0 Å². The molecule has 1 heterocycles. The molecule has 3 N–H and O–H groups in total. The number of aliphatic carboxylic acids is 1. The number of carbonyl (C=O) groups is 2. The average Bonchev–Trinajstić information content (AvgIpc) is 2.60. The molecule has 0 aliphatic carbocycles. The number of nitrogens with zero attached hydrogens (tertiary/aromatic N) is 1. The number of rotatable bonds is 5. The Bertz CT molecular complexity index is 388. The quantitative estimate of drug-likeness (QED) is 0.653. The summed E-state index contributed by atoms with van der Waals surface area (Å²) in [6, 6.07) is 0.795. The molecule has 0 saturated carbocycles. The van der Waals surface area contributed by atoms with E-state index in [-0.39, 0.29) is 12.5 Å². The number of carboxylic acid groups (broad SMARTS) is 1. The Labute approximate surface area is 91.8 Å². The van der Waals surface area contributed by atoms with E-state index < -0.39 is 12.0 Å². The SMILES string of the molecule is Cc1cc(NC(=O)CN[C@H](C)C(=O)O)no1. The van der Waals surface area contributed by atoms with Crippen molar-refractivity contribution in [3.8, 4) is 0 Å². The van der Waals surface area contributed by atoms with Gasteiger partial charge in [0.1, 0.15) is 11.8 Å². The first-order valence-electron chi connectivity index (χ1n) is 4.68. The van der Waals surface area contributed by atoms with E-state index in [0.717, 1.165) is 0 Å². The van der Waals surface area contributed by atoms with E-state index in [1.54, 1.807) is 13.0 Å². The Hall–Kier alpha value is -1.89. The molecule has 7 nitrogen and oxygen atoms in total. The molecule has 0 aromatic carbocycles. The topological polar surface area (TPSA) is 104 Å². The average molecular weight is 227 g/mol. The summed E-state index contributed by atoms with van der Waals surface area (Å²) >= 11 is 0. The molecule has 0 saturated heterocycles. The van der Waals surface area contributed by atoms with E-state index in [2.05, 4.69) is 15.8 Å². The molecular formula is C9H13N3O4. The van der Waals surface area contributed by atoms with E-state index in [4.69, 9.17) is 9.63 Å². The van der Waals surface area contributed by atoms with Gasteiger partial charge >= 0.3 is 5.97 Å². The summed E-state index contributed by atoms with van der Waals surface area (Å²) in [6.45, 7) is 3.06. The maximum absolute atomic E-state index is 11.3. The number of nitrogens with one attached hydrogen (secondary N) is 2. The van der Waals surface area contributed by atoms with Gasteiger partial charge in [0, 0.05) is 6.07 Å². The summed E-state index contributed by atoms with van der Waals surface area (Å²) in [5.74, 6) is -0.485. The third-order valence-corrected chi connectivity index (χ3v) is 1.83. The highest BCUT2D eigenvalue weighted by molar-refractivity contribution is 5.91. The molecule has 0 bridgehead atoms. The van der Waals surface area contributed by atoms with Crippen molar-refractivity contribution in [2.75, 3.05) is 11.9 Å². The minimum absolute atomic E-state index is 0.0978. The van der Waals surface area contributed by atoms with Crippen molar-refractivity contribution in [3.05, 3.63) is 11.8 Å². The van der Waals surface area contributed by atoms with Crippen LogP contribution in [0.15, 0.2) is 10.6 Å². The summed E-state index contributed by atoms with van der Waals surface area (Å²) in [5, 5.41) is 17.1. The highest BCUT2D eigenvalue weighted by Crippen LogP contribution is 2.06. The van der Waals surface area contributed by atoms with Gasteiger partial charge in [-0.05, 0) is 13.8 Å². The van der Waals surface area contributed by atoms with Crippen molar-refractivity contribution < 1.29 is 19.2 Å². The molecule has 0 spiro atoms. The molecule has 1 atom stereocenters. The van der Waals surface area contributed by atoms with Crippen molar-refractivity contribution in [2.24, 2.45) is 0 Å². The van der Waals surface area contributed by atoms with Crippen LogP contribution in [0.4, 0.5) is 5.82 Å². The van der Waals surface area contributed by atoms with Crippen molar-refractivity contribution in [1.82, 2.24) is 10.5 Å². The minimum atomic E-state index is -1.01. The maximum Gasteiger partial charge on any atom is 0.320 e. The lowest BCUT2D eigenvalue weighted by atomic mass is 10.3. The van der Waals surface area contributed by atoms with Crippen LogP contribution in [0.1, 0.15) is 12.7 Å². The number of anilines is 1. The lowest BCUT2D eigenvalue weighted by Gasteiger charge is -2.07. The molecule has 1 rings (SSSR count). The Kier molecular flexibility index (Phi) is 4.01. The summed E-state index contributed by atoms with van der Waals surface area (Å²) in [6.07, 6.45) is 0. The standard InChI is InChI=1S/C9H13N3O4/c1-5-3-7(12-16-5)11-8(13)4-10-6(2)9(14)15/h3,6,10H,4H2,1-2H3,(H,14,15)(H,11,12,13)/t6-/m1/s1. The van der Waals surface area contributed by atoms with Crippen LogP contribution >= 0.6 is 0 Å². The summed E-state index contributed by atoms with van der Waals surface area (Å²) in [4.78, 5) is 21.8. The van der Waals surface area contributed by atoms with Crippen molar-refractivity contribution in [2.45, 2.75) is 19.9 Å². The zero-order chi connectivity index (χ0) is 12.1. The Morgan fingerprint density at radius 3 is 2.81 bits per heavy atom. The second kappa shape index (κ2) is 5.26. The van der Waals surface area contributed by atoms with Crippen LogP contribution in [0.5, 0.6) is 0 Å². The molecule has 16 heavy (non-hydrogen) atoms. The molecule has 1 aromatic rings. The fraction of sp³-hybridized carbons (Fsp3) is 0.444. The zero-order valence-electron chi connectivity index (χ0n) is 8.98. The molecule has 0 aliphatic rings. The van der Waals surface area contributed by atoms with Crippen LogP contribution < -0.4 is 10.6 Å². The highest BCUT2D eigenvalue weighted by atomic mass is 16.5. The van der Waals surface area contributed by atoms with Crippen molar-refractivity contribution in [1.29, 1.82) is 0 Å². The van der Waals surface area contributed by atoms with Crippen LogP contribution in [0, 0.1) is 6.92 Å². The second-order valence-corrected chi connectivity index (χ2v) is 3.31. The van der Waals surface area contributed by atoms with E-state index in [1.165, 1.54) is 6.92 Å². The van der Waals surface area contributed by atoms with Gasteiger partial charge in [0.05, 0.1) is 6.54 Å². The van der Waals surface area contributed by atoms with Gasteiger partial charge in [-0.2, -0.15) is 0 Å². The molecule has 0 aliphatic heterocycles. The summed E-state index contributed by atoms with van der Waals surface area (Å²) in [7, 11) is 0. The molecule has 0 fully saturated rings. The third-order valence-electron chi connectivity index (χ3n) is 1.83. The number of aryl methyl sites for hydroxylation is 1. The van der Waals surface area contributed by atoms with Gasteiger partial charge in [0.2, 0.25) is 5.91 Å². The van der Waals surface area contributed by atoms with Gasteiger partial charge in [-0.15, -0.1) is 0 Å². The van der Waals surface area contributed by atoms with Gasteiger partial charge in [-0.3, -0.25) is 14.9 Å². The van der Waals surface area contributed by atoms with Gasteiger partial charge < -0.3 is 14.9 Å². The monoisotopic (exact) mass is 227 g/mol. The number of hydrogen-bond acceptors (Lipinski definition) is 5. The van der Waals surface area contributed by atoms with E-state index >= 15 is 0 Å². The number of aromatic nitrogens is 1. The van der Waals surface area contributed by atoms with Gasteiger partial charge in [-0.1, -0.05) is 5.16 Å². The lowest BCUT2D eigenvalue weighted by Crippen LogP contribution is -2.39. The van der Waals surface area contributed by atoms with Gasteiger partial charge in [-0.25, -0.2) is 0 Å². The summed E-state index contributed by atoms with van der Waals surface area (Å²) in [5.41, 5.74) is 0. The lowest BCUT2D eigenvalue weighted by molar-refractivity contribution is -0.139. The first kappa shape index (κ1) is 12.2. The largest absolute Gasteiger partial charge is 0.480 e. The van der Waals surface area contributed by atoms with Gasteiger partial charge in [0.15, 0.2) is 5.82 Å². The maximum atomic E-state index is 11.3. The molecule has 88 valence electrons. The minimum Gasteiger partial charge on any atom is -0.480 e. The second-order valence-electron chi connectivity index (χ2n) is 3.31. The molecular weight excluding hydrogens is 214 g/mol. The Morgan fingerprint density at radius 1 is 1.62 bits per heavy atom. The fourth-order valence-corrected chi connectivity index (χ4v) is 0.945. The number of hydrogen-bond donors (Lipinski definition) is 3. The first-order valence-corrected chi connectivity index (χ1v) is 4.68. The molecule has 0 radical (unpaired) electrons. The van der Waals surface area contributed by atoms with Gasteiger partial charge in [0.25, 0.3) is 0 Å². The van der Waals surface area contributed by atoms with Crippen molar-refractivity contribution >= 4 is 17.7 Å². The Balaban J connectivity index is 2.34. The Morgan fingerprint density at radius 2 is 2.31 bits per heavy atom. The van der Waals surface area contributed by atoms with E-state index in [9.17, 15) is 9.59 Å². The number of amides is 1. The number of carboxylic acids is 1. The normalized spacial score (nSPS) is 12.1.